The molecular formula is C16H25NO8S. The third-order valence-electron chi connectivity index (χ3n) is 3.34. The van der Waals surface area contributed by atoms with E-state index >= 15 is 0 Å². The van der Waals surface area contributed by atoms with E-state index in [1.165, 1.54) is 20.8 Å². The molecule has 1 N–H and O–H groups in total. The molecule has 0 aromatic rings. The number of unbranched alkanes of at least 4 members (excludes halogenated alkanes) is 1. The van der Waals surface area contributed by atoms with Crippen LogP contribution in [0.2, 0.25) is 0 Å². The number of esters is 3. The fourth-order valence-corrected chi connectivity index (χ4v) is 2.53. The molecule has 4 atom stereocenters. The molecule has 148 valence electrons. The molecule has 26 heavy (non-hydrogen) atoms. The van der Waals surface area contributed by atoms with Gasteiger partial charge in [0, 0.05) is 20.8 Å². The maximum atomic E-state index is 11.5. The summed E-state index contributed by atoms with van der Waals surface area (Å²) in [5.41, 5.74) is 0. The van der Waals surface area contributed by atoms with Crippen molar-refractivity contribution in [2.45, 2.75) is 65.1 Å². The minimum atomic E-state index is -1.08. The summed E-state index contributed by atoms with van der Waals surface area (Å²) in [6.07, 6.45) is -2.22. The normalized spacial score (nSPS) is 24.9. The first-order chi connectivity index (χ1) is 12.2. The monoisotopic (exact) mass is 391 g/mol. The van der Waals surface area contributed by atoms with Crippen LogP contribution in [0.3, 0.4) is 0 Å². The van der Waals surface area contributed by atoms with Crippen LogP contribution < -0.4 is 5.32 Å². The topological polar surface area (TPSA) is 109 Å². The van der Waals surface area contributed by atoms with Crippen molar-refractivity contribution < 1.29 is 38.1 Å². The van der Waals surface area contributed by atoms with E-state index in [-0.39, 0.29) is 11.8 Å². The van der Waals surface area contributed by atoms with Crippen molar-refractivity contribution in [2.24, 2.45) is 0 Å². The maximum absolute atomic E-state index is 11.5. The van der Waals surface area contributed by atoms with Crippen molar-refractivity contribution in [3.63, 3.8) is 0 Å². The lowest BCUT2D eigenvalue weighted by atomic mass is 10.0. The van der Waals surface area contributed by atoms with Crippen LogP contribution in [0.5, 0.6) is 0 Å². The van der Waals surface area contributed by atoms with Crippen molar-refractivity contribution in [2.75, 3.05) is 13.2 Å². The van der Waals surface area contributed by atoms with Gasteiger partial charge in [-0.25, -0.2) is 0 Å². The molecule has 0 amide bonds. The first-order valence-corrected chi connectivity index (χ1v) is 8.72. The number of rotatable bonds is 7. The molecule has 1 rings (SSSR count). The highest BCUT2D eigenvalue weighted by molar-refractivity contribution is 7.80. The summed E-state index contributed by atoms with van der Waals surface area (Å²) >= 11 is 5.09. The van der Waals surface area contributed by atoms with E-state index < -0.39 is 42.4 Å². The van der Waals surface area contributed by atoms with Gasteiger partial charge in [0.1, 0.15) is 0 Å². The molecule has 1 saturated heterocycles. The Balaban J connectivity index is 2.91. The molecule has 0 aromatic carbocycles. The van der Waals surface area contributed by atoms with E-state index in [1.54, 1.807) is 0 Å². The van der Waals surface area contributed by atoms with Crippen LogP contribution in [0.25, 0.3) is 0 Å². The summed E-state index contributed by atoms with van der Waals surface area (Å²) in [7, 11) is 0. The zero-order valence-electron chi connectivity index (χ0n) is 15.3. The quantitative estimate of drug-likeness (QED) is 0.290. The summed E-state index contributed by atoms with van der Waals surface area (Å²) in [6.45, 7) is 5.98. The molecule has 1 heterocycles. The van der Waals surface area contributed by atoms with E-state index in [1.807, 2.05) is 6.92 Å². The lowest BCUT2D eigenvalue weighted by molar-refractivity contribution is -0.228. The maximum Gasteiger partial charge on any atom is 0.303 e. The molecule has 1 aliphatic heterocycles. The van der Waals surface area contributed by atoms with Crippen LogP contribution >= 0.6 is 12.2 Å². The van der Waals surface area contributed by atoms with E-state index in [9.17, 15) is 14.4 Å². The highest BCUT2D eigenvalue weighted by Gasteiger charge is 2.47. The molecule has 0 bridgehead atoms. The number of carbonyl (C=O) groups excluding carboxylic acids is 3. The number of nitrogens with one attached hydrogen (secondary N) is 1. The number of thiocarbonyl (C=S) groups is 1. The Morgan fingerprint density at radius 1 is 1.04 bits per heavy atom. The first kappa shape index (κ1) is 22.1. The SMILES string of the molecule is CCCCOC(=S)N[C@H]1OC[C@@H](OC(C)=O)[C@@H](OC(C)=O)[C@@H]1OC(C)=O. The minimum Gasteiger partial charge on any atom is -0.471 e. The van der Waals surface area contributed by atoms with Crippen LogP contribution in [0.15, 0.2) is 0 Å². The minimum absolute atomic E-state index is 0.0631. The van der Waals surface area contributed by atoms with E-state index in [0.717, 1.165) is 12.8 Å². The van der Waals surface area contributed by atoms with Crippen LogP contribution in [0.4, 0.5) is 0 Å². The average molecular weight is 391 g/mol. The Morgan fingerprint density at radius 3 is 2.15 bits per heavy atom. The highest BCUT2D eigenvalue weighted by Crippen LogP contribution is 2.23. The van der Waals surface area contributed by atoms with Crippen molar-refractivity contribution in [1.82, 2.24) is 5.32 Å². The molecule has 0 saturated carbocycles. The number of ether oxygens (including phenoxy) is 5. The zero-order chi connectivity index (χ0) is 19.7. The summed E-state index contributed by atoms with van der Waals surface area (Å²) in [6, 6.07) is 0. The summed E-state index contributed by atoms with van der Waals surface area (Å²) in [4.78, 5) is 34.3. The summed E-state index contributed by atoms with van der Waals surface area (Å²) in [5, 5.41) is 2.85. The van der Waals surface area contributed by atoms with Gasteiger partial charge >= 0.3 is 17.9 Å². The predicted octanol–water partition coefficient (Wildman–Crippen LogP) is 0.829. The van der Waals surface area contributed by atoms with Crippen molar-refractivity contribution in [1.29, 1.82) is 0 Å². The van der Waals surface area contributed by atoms with Crippen LogP contribution in [0.1, 0.15) is 40.5 Å². The van der Waals surface area contributed by atoms with Gasteiger partial charge in [0.15, 0.2) is 24.5 Å². The van der Waals surface area contributed by atoms with Crippen molar-refractivity contribution in [3.8, 4) is 0 Å². The Kier molecular flexibility index (Phi) is 9.28. The van der Waals surface area contributed by atoms with Crippen molar-refractivity contribution >= 4 is 35.3 Å². The molecule has 1 aliphatic rings. The lowest BCUT2D eigenvalue weighted by Crippen LogP contribution is -2.62. The van der Waals surface area contributed by atoms with E-state index in [0.29, 0.717) is 6.61 Å². The van der Waals surface area contributed by atoms with Gasteiger partial charge in [0.25, 0.3) is 5.17 Å². The van der Waals surface area contributed by atoms with Crippen LogP contribution in [-0.2, 0) is 38.1 Å². The second-order valence-corrected chi connectivity index (χ2v) is 6.05. The Bertz CT molecular complexity index is 526. The van der Waals surface area contributed by atoms with Gasteiger partial charge in [0.05, 0.1) is 13.2 Å². The fraction of sp³-hybridized carbons (Fsp3) is 0.750. The molecule has 0 aliphatic carbocycles. The third kappa shape index (κ3) is 7.52. The molecule has 0 radical (unpaired) electrons. The van der Waals surface area contributed by atoms with Crippen LogP contribution in [-0.4, -0.2) is 60.8 Å². The standard InChI is InChI=1S/C16H25NO8S/c1-5-6-7-21-16(26)17-15-14(25-11(4)20)13(24-10(3)19)12(8-22-15)23-9(2)18/h12-15H,5-8H2,1-4H3,(H,17,26)/t12-,13-,14+,15+/m1/s1. The largest absolute Gasteiger partial charge is 0.471 e. The van der Waals surface area contributed by atoms with Gasteiger partial charge < -0.3 is 29.0 Å². The van der Waals surface area contributed by atoms with Gasteiger partial charge in [-0.1, -0.05) is 13.3 Å². The molecule has 0 spiro atoms. The van der Waals surface area contributed by atoms with Crippen LogP contribution in [0, 0.1) is 0 Å². The second-order valence-electron chi connectivity index (χ2n) is 5.68. The second kappa shape index (κ2) is 10.9. The molecule has 0 unspecified atom stereocenters. The summed E-state index contributed by atoms with van der Waals surface area (Å²) in [5.74, 6) is -1.82. The van der Waals surface area contributed by atoms with Gasteiger partial charge in [-0.05, 0) is 18.6 Å². The Morgan fingerprint density at radius 2 is 1.62 bits per heavy atom. The summed E-state index contributed by atoms with van der Waals surface area (Å²) < 4.78 is 26.5. The number of hydrogen-bond donors (Lipinski definition) is 1. The van der Waals surface area contributed by atoms with E-state index in [4.69, 9.17) is 35.9 Å². The zero-order valence-corrected chi connectivity index (χ0v) is 16.1. The smallest absolute Gasteiger partial charge is 0.303 e. The Hall–Kier alpha value is -1.94. The molecule has 0 aromatic heterocycles. The Labute approximate surface area is 157 Å². The van der Waals surface area contributed by atoms with Gasteiger partial charge in [-0.15, -0.1) is 0 Å². The van der Waals surface area contributed by atoms with Crippen molar-refractivity contribution in [3.05, 3.63) is 0 Å². The lowest BCUT2D eigenvalue weighted by Gasteiger charge is -2.40. The van der Waals surface area contributed by atoms with Gasteiger partial charge in [0.2, 0.25) is 0 Å². The fourth-order valence-electron chi connectivity index (χ4n) is 2.33. The molecule has 9 nitrogen and oxygen atoms in total. The molecule has 1 fully saturated rings. The highest BCUT2D eigenvalue weighted by atomic mass is 32.1. The number of carbonyl (C=O) groups is 3. The molecular weight excluding hydrogens is 366 g/mol. The van der Waals surface area contributed by atoms with Gasteiger partial charge in [-0.3, -0.25) is 14.4 Å². The predicted molar refractivity (Wildman–Crippen MR) is 93.0 cm³/mol. The van der Waals surface area contributed by atoms with Gasteiger partial charge in [-0.2, -0.15) is 0 Å². The molecule has 10 heteroatoms. The third-order valence-corrected chi connectivity index (χ3v) is 3.58. The number of hydrogen-bond acceptors (Lipinski definition) is 9. The first-order valence-electron chi connectivity index (χ1n) is 8.31. The van der Waals surface area contributed by atoms with E-state index in [2.05, 4.69) is 5.32 Å². The average Bonchev–Trinajstić information content (AvgIpc) is 2.52.